The highest BCUT2D eigenvalue weighted by atomic mass is 35.5. The third-order valence-corrected chi connectivity index (χ3v) is 6.19. The van der Waals surface area contributed by atoms with Gasteiger partial charge in [-0.15, -0.1) is 0 Å². The molecule has 0 aliphatic heterocycles. The molecule has 5 rings (SSSR count). The van der Waals surface area contributed by atoms with Crippen LogP contribution in [0.15, 0.2) is 60.0 Å². The second-order valence-corrected chi connectivity index (χ2v) is 9.42. The topological polar surface area (TPSA) is 97.4 Å². The number of nitrogens with zero attached hydrogens (tertiary/aromatic N) is 5. The standard InChI is InChI=1S/C20H14ClFN6O2S/c1-31(29,30)20-14-6-7-23-10-17(14)27(26-20)11-19-25-15-8-12(21)2-4-16(15)28(19)13-3-5-18(22)24-9-13/h2-10H,11H2,1H3/p+1. The van der Waals surface area contributed by atoms with Gasteiger partial charge in [-0.05, 0) is 36.4 Å². The molecule has 0 amide bonds. The first kappa shape index (κ1) is 19.6. The molecule has 0 saturated heterocycles. The lowest BCUT2D eigenvalue weighted by Gasteiger charge is -2.07. The van der Waals surface area contributed by atoms with Crippen molar-refractivity contribution in [2.24, 2.45) is 0 Å². The zero-order valence-corrected chi connectivity index (χ0v) is 17.7. The summed E-state index contributed by atoms with van der Waals surface area (Å²) >= 11 is 6.14. The monoisotopic (exact) mass is 457 g/mol. The molecule has 0 unspecified atom stereocenters. The molecule has 0 bridgehead atoms. The van der Waals surface area contributed by atoms with Gasteiger partial charge in [-0.3, -0.25) is 9.55 Å². The number of halogens is 2. The first-order chi connectivity index (χ1) is 14.8. The van der Waals surface area contributed by atoms with Gasteiger partial charge >= 0.3 is 0 Å². The zero-order chi connectivity index (χ0) is 21.8. The zero-order valence-electron chi connectivity index (χ0n) is 16.1. The summed E-state index contributed by atoms with van der Waals surface area (Å²) in [6.07, 6.45) is 5.68. The van der Waals surface area contributed by atoms with Gasteiger partial charge in [0.15, 0.2) is 15.7 Å². The van der Waals surface area contributed by atoms with Gasteiger partial charge in [0, 0.05) is 17.5 Å². The first-order valence-electron chi connectivity index (χ1n) is 9.15. The fraction of sp³-hybridized carbons (Fsp3) is 0.100. The molecule has 0 atom stereocenters. The summed E-state index contributed by atoms with van der Waals surface area (Å²) in [5.74, 6) is -0.0194. The highest BCUT2D eigenvalue weighted by molar-refractivity contribution is 7.90. The van der Waals surface area contributed by atoms with Gasteiger partial charge in [-0.25, -0.2) is 18.4 Å². The number of imidazole rings is 1. The first-order valence-corrected chi connectivity index (χ1v) is 11.4. The molecule has 0 radical (unpaired) electrons. The van der Waals surface area contributed by atoms with Crippen LogP contribution in [0.25, 0.3) is 27.6 Å². The Kier molecular flexibility index (Phi) is 4.49. The van der Waals surface area contributed by atoms with Gasteiger partial charge in [0.2, 0.25) is 17.5 Å². The minimum Gasteiger partial charge on any atom is -0.289 e. The van der Waals surface area contributed by atoms with Crippen molar-refractivity contribution in [3.05, 3.63) is 71.8 Å². The van der Waals surface area contributed by atoms with Crippen LogP contribution in [0.2, 0.25) is 5.02 Å². The van der Waals surface area contributed by atoms with Crippen molar-refractivity contribution in [3.8, 4) is 5.69 Å². The molecule has 0 aliphatic rings. The molecule has 0 saturated carbocycles. The fourth-order valence-electron chi connectivity index (χ4n) is 3.58. The molecule has 0 aliphatic carbocycles. The summed E-state index contributed by atoms with van der Waals surface area (Å²) < 4.78 is 41.4. The van der Waals surface area contributed by atoms with Crippen LogP contribution in [0.5, 0.6) is 0 Å². The predicted octanol–water partition coefficient (Wildman–Crippen LogP) is 2.83. The van der Waals surface area contributed by atoms with Crippen LogP contribution in [-0.4, -0.2) is 39.3 Å². The Bertz CT molecular complexity index is 1560. The maximum Gasteiger partial charge on any atom is 0.258 e. The fourth-order valence-corrected chi connectivity index (χ4v) is 4.60. The predicted molar refractivity (Wildman–Crippen MR) is 112 cm³/mol. The summed E-state index contributed by atoms with van der Waals surface area (Å²) in [5, 5.41) is 4.12. The number of hydrogen-bond donors (Lipinski definition) is 1. The number of sulfone groups is 1. The number of nitrogens with one attached hydrogen (secondary N) is 1. The average Bonchev–Trinajstić information content (AvgIpc) is 3.27. The van der Waals surface area contributed by atoms with Crippen LogP contribution in [0.3, 0.4) is 0 Å². The molecule has 4 heterocycles. The minimum absolute atomic E-state index is 0.0963. The number of hydrogen-bond acceptors (Lipinski definition) is 5. The number of benzene rings is 1. The molecule has 0 fully saturated rings. The molecule has 156 valence electrons. The van der Waals surface area contributed by atoms with Crippen molar-refractivity contribution < 1.29 is 17.5 Å². The molecule has 4 aromatic heterocycles. The average molecular weight is 458 g/mol. The van der Waals surface area contributed by atoms with Crippen molar-refractivity contribution in [2.75, 3.05) is 6.26 Å². The van der Waals surface area contributed by atoms with Gasteiger partial charge in [0.1, 0.15) is 6.20 Å². The van der Waals surface area contributed by atoms with E-state index in [9.17, 15) is 12.8 Å². The summed E-state index contributed by atoms with van der Waals surface area (Å²) in [6, 6.07) is 9.80. The van der Waals surface area contributed by atoms with E-state index in [2.05, 4.69) is 15.1 Å². The minimum atomic E-state index is -3.50. The molecular weight excluding hydrogens is 443 g/mol. The van der Waals surface area contributed by atoms with E-state index in [-0.39, 0.29) is 11.6 Å². The summed E-state index contributed by atoms with van der Waals surface area (Å²) in [4.78, 5) is 12.6. The van der Waals surface area contributed by atoms with E-state index in [1.54, 1.807) is 35.1 Å². The number of fused-ring (bicyclic) bond motifs is 2. The lowest BCUT2D eigenvalue weighted by Crippen LogP contribution is -2.38. The Hall–Kier alpha value is -3.37. The normalized spacial score (nSPS) is 12.1. The summed E-state index contributed by atoms with van der Waals surface area (Å²) in [7, 11) is -3.50. The van der Waals surface area contributed by atoms with Crippen LogP contribution < -0.4 is 4.68 Å². The molecule has 5 aromatic rings. The lowest BCUT2D eigenvalue weighted by atomic mass is 10.3. The SMILES string of the molecule is CS(=O)(=O)c1[nH][n+](Cc2nc3cc(Cl)ccc3n2-c2ccc(F)nc2)c2cnccc12. The third kappa shape index (κ3) is 3.43. The van der Waals surface area contributed by atoms with E-state index in [1.165, 1.54) is 18.5 Å². The van der Waals surface area contributed by atoms with Gasteiger partial charge in [-0.2, -0.15) is 9.49 Å². The van der Waals surface area contributed by atoms with Crippen LogP contribution in [0.4, 0.5) is 4.39 Å². The van der Waals surface area contributed by atoms with E-state index < -0.39 is 15.8 Å². The Morgan fingerprint density at radius 2 is 2.03 bits per heavy atom. The van der Waals surface area contributed by atoms with E-state index in [0.717, 1.165) is 11.8 Å². The van der Waals surface area contributed by atoms with Crippen molar-refractivity contribution in [1.29, 1.82) is 0 Å². The van der Waals surface area contributed by atoms with Gasteiger partial charge in [0.25, 0.3) is 5.52 Å². The number of H-pyrrole nitrogens is 1. The van der Waals surface area contributed by atoms with E-state index in [1.807, 2.05) is 10.6 Å². The number of aromatic amines is 1. The number of rotatable bonds is 4. The van der Waals surface area contributed by atoms with E-state index >= 15 is 0 Å². The highest BCUT2D eigenvalue weighted by Crippen LogP contribution is 2.25. The molecule has 1 N–H and O–H groups in total. The largest absolute Gasteiger partial charge is 0.289 e. The quantitative estimate of drug-likeness (QED) is 0.330. The van der Waals surface area contributed by atoms with Crippen LogP contribution in [-0.2, 0) is 16.4 Å². The highest BCUT2D eigenvalue weighted by Gasteiger charge is 2.26. The summed E-state index contributed by atoms with van der Waals surface area (Å²) in [6.45, 7) is 0.196. The molecular formula is C20H15ClFN6O2S+. The smallest absolute Gasteiger partial charge is 0.258 e. The van der Waals surface area contributed by atoms with Crippen molar-refractivity contribution in [3.63, 3.8) is 0 Å². The second-order valence-electron chi connectivity index (χ2n) is 7.03. The summed E-state index contributed by atoms with van der Waals surface area (Å²) in [5.41, 5.74) is 2.62. The van der Waals surface area contributed by atoms with Crippen LogP contribution in [0, 0.1) is 5.95 Å². The van der Waals surface area contributed by atoms with Crippen LogP contribution in [0.1, 0.15) is 5.82 Å². The Balaban J connectivity index is 1.73. The van der Waals surface area contributed by atoms with E-state index in [4.69, 9.17) is 16.6 Å². The molecule has 11 heteroatoms. The Morgan fingerprint density at radius 3 is 2.77 bits per heavy atom. The van der Waals surface area contributed by atoms with Gasteiger partial charge in [0.05, 0.1) is 28.3 Å². The molecule has 31 heavy (non-hydrogen) atoms. The Labute approximate surface area is 180 Å². The van der Waals surface area contributed by atoms with Crippen molar-refractivity contribution in [2.45, 2.75) is 11.6 Å². The molecule has 0 spiro atoms. The van der Waals surface area contributed by atoms with Crippen molar-refractivity contribution in [1.82, 2.24) is 24.6 Å². The van der Waals surface area contributed by atoms with E-state index in [0.29, 0.717) is 33.0 Å². The third-order valence-electron chi connectivity index (χ3n) is 4.90. The van der Waals surface area contributed by atoms with Crippen molar-refractivity contribution >= 4 is 43.4 Å². The maximum atomic E-state index is 13.4. The van der Waals surface area contributed by atoms with Gasteiger partial charge in [-0.1, -0.05) is 16.3 Å². The Morgan fingerprint density at radius 1 is 1.19 bits per heavy atom. The molecule has 8 nitrogen and oxygen atoms in total. The number of pyridine rings is 2. The maximum absolute atomic E-state index is 13.4. The van der Waals surface area contributed by atoms with Gasteiger partial charge < -0.3 is 0 Å². The second kappa shape index (κ2) is 7.10. The molecule has 1 aromatic carbocycles. The van der Waals surface area contributed by atoms with Crippen LogP contribution >= 0.6 is 11.6 Å². The number of aromatic nitrogens is 6. The lowest BCUT2D eigenvalue weighted by molar-refractivity contribution is -0.722.